The van der Waals surface area contributed by atoms with Gasteiger partial charge in [-0.1, -0.05) is 29.8 Å². The first kappa shape index (κ1) is 13.1. The topological polar surface area (TPSA) is 21.6 Å². The van der Waals surface area contributed by atoms with E-state index in [1.54, 1.807) is 0 Å². The van der Waals surface area contributed by atoms with Crippen LogP contribution in [0.25, 0.3) is 0 Å². The predicted molar refractivity (Wildman–Crippen MR) is 84.3 cm³/mol. The maximum Gasteiger partial charge on any atom is 0.192 e. The lowest BCUT2D eigenvalue weighted by Crippen LogP contribution is -1.86. The molecule has 0 heterocycles. The van der Waals surface area contributed by atoms with E-state index in [0.717, 1.165) is 17.0 Å². The van der Waals surface area contributed by atoms with E-state index in [4.69, 9.17) is 3.07 Å². The molecule has 0 aliphatic rings. The van der Waals surface area contributed by atoms with Gasteiger partial charge in [-0.05, 0) is 37.6 Å². The first-order valence-electron chi connectivity index (χ1n) is 5.69. The van der Waals surface area contributed by atoms with Crippen LogP contribution in [0.3, 0.4) is 0 Å². The van der Waals surface area contributed by atoms with E-state index in [0.29, 0.717) is 0 Å². The van der Waals surface area contributed by atoms with Gasteiger partial charge in [0.05, 0.1) is 5.69 Å². The largest absolute Gasteiger partial charge is 0.427 e. The molecule has 3 heteroatoms. The van der Waals surface area contributed by atoms with E-state index in [9.17, 15) is 0 Å². The highest BCUT2D eigenvalue weighted by Crippen LogP contribution is 2.22. The van der Waals surface area contributed by atoms with E-state index >= 15 is 0 Å². The van der Waals surface area contributed by atoms with Gasteiger partial charge in [0.15, 0.2) is 23.0 Å². The molecular weight excluding hydrogens is 337 g/mol. The molecule has 2 nitrogen and oxygen atoms in total. The highest BCUT2D eigenvalue weighted by molar-refractivity contribution is 14.1. The molecule has 0 unspecified atom stereocenters. The molecule has 0 spiro atoms. The molecule has 2 aromatic rings. The van der Waals surface area contributed by atoms with Crippen LogP contribution in [0, 0.1) is 13.8 Å². The number of nitrogens with zero attached hydrogens (tertiary/aromatic N) is 1. The standard InChI is InChI=1S/C15H14INO/c1-11-7-8-14(12(2)9-11)17-10-13-5-3-4-6-15(13)18-16/h3-10H,1-2H3. The van der Waals surface area contributed by atoms with Crippen molar-refractivity contribution in [2.45, 2.75) is 13.8 Å². The second kappa shape index (κ2) is 6.00. The smallest absolute Gasteiger partial charge is 0.192 e. The maximum atomic E-state index is 5.26. The van der Waals surface area contributed by atoms with Crippen molar-refractivity contribution in [1.29, 1.82) is 0 Å². The van der Waals surface area contributed by atoms with Crippen LogP contribution in [0.4, 0.5) is 5.69 Å². The minimum atomic E-state index is 0.826. The fraction of sp³-hybridized carbons (Fsp3) is 0.133. The SMILES string of the molecule is Cc1ccc(N=Cc2ccccc2OI)c(C)c1. The molecular formula is C15H14INO. The first-order valence-corrected chi connectivity index (χ1v) is 6.58. The van der Waals surface area contributed by atoms with Crippen molar-refractivity contribution in [3.63, 3.8) is 0 Å². The van der Waals surface area contributed by atoms with Gasteiger partial charge in [0, 0.05) is 11.8 Å². The molecule has 2 aromatic carbocycles. The second-order valence-electron chi connectivity index (χ2n) is 4.16. The molecule has 0 radical (unpaired) electrons. The number of rotatable bonds is 3. The van der Waals surface area contributed by atoms with Gasteiger partial charge < -0.3 is 3.07 Å². The average Bonchev–Trinajstić information content (AvgIpc) is 2.38. The molecule has 0 aliphatic heterocycles. The number of benzene rings is 2. The molecule has 92 valence electrons. The zero-order valence-corrected chi connectivity index (χ0v) is 12.5. The lowest BCUT2D eigenvalue weighted by molar-refractivity contribution is 0.715. The number of hydrogen-bond donors (Lipinski definition) is 0. The van der Waals surface area contributed by atoms with Crippen LogP contribution in [-0.4, -0.2) is 6.21 Å². The van der Waals surface area contributed by atoms with E-state index in [-0.39, 0.29) is 0 Å². The second-order valence-corrected chi connectivity index (χ2v) is 4.60. The number of halogens is 1. The summed E-state index contributed by atoms with van der Waals surface area (Å²) in [6, 6.07) is 14.1. The van der Waals surface area contributed by atoms with Crippen molar-refractivity contribution in [1.82, 2.24) is 0 Å². The molecule has 0 fully saturated rings. The molecule has 0 N–H and O–H groups in total. The third-order valence-corrected chi connectivity index (χ3v) is 3.17. The van der Waals surface area contributed by atoms with Gasteiger partial charge in [-0.2, -0.15) is 0 Å². The van der Waals surface area contributed by atoms with E-state index in [1.165, 1.54) is 11.1 Å². The molecule has 2 rings (SSSR count). The Labute approximate surface area is 121 Å². The summed E-state index contributed by atoms with van der Waals surface area (Å²) in [6.45, 7) is 4.15. The fourth-order valence-corrected chi connectivity index (χ4v) is 2.15. The van der Waals surface area contributed by atoms with E-state index in [1.807, 2.05) is 59.6 Å². The summed E-state index contributed by atoms with van der Waals surface area (Å²) < 4.78 is 5.26. The monoisotopic (exact) mass is 351 g/mol. The quantitative estimate of drug-likeness (QED) is 0.576. The number of aliphatic imine (C=N–C) groups is 1. The van der Waals surface area contributed by atoms with Gasteiger partial charge in [0.1, 0.15) is 5.75 Å². The summed E-state index contributed by atoms with van der Waals surface area (Å²) in [5.41, 5.74) is 4.40. The first-order chi connectivity index (χ1) is 8.70. The fourth-order valence-electron chi connectivity index (χ4n) is 1.75. The molecule has 0 saturated carbocycles. The molecule has 0 aromatic heterocycles. The maximum absolute atomic E-state index is 5.26. The van der Waals surface area contributed by atoms with Crippen molar-refractivity contribution in [2.24, 2.45) is 4.99 Å². The minimum absolute atomic E-state index is 0.826. The Kier molecular flexibility index (Phi) is 4.36. The van der Waals surface area contributed by atoms with E-state index in [2.05, 4.69) is 31.0 Å². The number of para-hydroxylation sites is 1. The third kappa shape index (κ3) is 3.10. The van der Waals surface area contributed by atoms with Crippen molar-refractivity contribution in [3.8, 4) is 5.75 Å². The Balaban J connectivity index is 2.30. The number of aryl methyl sites for hydroxylation is 2. The van der Waals surface area contributed by atoms with Crippen molar-refractivity contribution < 1.29 is 3.07 Å². The summed E-state index contributed by atoms with van der Waals surface area (Å²) >= 11 is 1.88. The molecule has 0 atom stereocenters. The van der Waals surface area contributed by atoms with Crippen LogP contribution in [0.15, 0.2) is 47.5 Å². The molecule has 0 amide bonds. The van der Waals surface area contributed by atoms with Gasteiger partial charge in [0.2, 0.25) is 0 Å². The normalized spacial score (nSPS) is 10.8. The predicted octanol–water partition coefficient (Wildman–Crippen LogP) is 4.78. The summed E-state index contributed by atoms with van der Waals surface area (Å²) in [4.78, 5) is 4.52. The number of hydrogen-bond acceptors (Lipinski definition) is 2. The summed E-state index contributed by atoms with van der Waals surface area (Å²) in [5.74, 6) is 0.826. The lowest BCUT2D eigenvalue weighted by Gasteiger charge is -2.03. The van der Waals surface area contributed by atoms with Gasteiger partial charge in [-0.3, -0.25) is 4.99 Å². The average molecular weight is 351 g/mol. The van der Waals surface area contributed by atoms with Gasteiger partial charge >= 0.3 is 0 Å². The van der Waals surface area contributed by atoms with Crippen LogP contribution < -0.4 is 3.07 Å². The van der Waals surface area contributed by atoms with Gasteiger partial charge in [-0.25, -0.2) is 0 Å². The van der Waals surface area contributed by atoms with E-state index < -0.39 is 0 Å². The minimum Gasteiger partial charge on any atom is -0.427 e. The van der Waals surface area contributed by atoms with Gasteiger partial charge in [0.25, 0.3) is 0 Å². The molecule has 0 saturated heterocycles. The van der Waals surface area contributed by atoms with Crippen molar-refractivity contribution in [3.05, 3.63) is 59.2 Å². The Morgan fingerprint density at radius 2 is 1.89 bits per heavy atom. The zero-order chi connectivity index (χ0) is 13.0. The Morgan fingerprint density at radius 3 is 2.61 bits per heavy atom. The molecule has 18 heavy (non-hydrogen) atoms. The van der Waals surface area contributed by atoms with Crippen LogP contribution >= 0.6 is 23.0 Å². The Morgan fingerprint density at radius 1 is 1.11 bits per heavy atom. The lowest BCUT2D eigenvalue weighted by atomic mass is 10.1. The summed E-state index contributed by atoms with van der Waals surface area (Å²) in [6.07, 6.45) is 1.84. The molecule has 0 aliphatic carbocycles. The zero-order valence-electron chi connectivity index (χ0n) is 10.4. The van der Waals surface area contributed by atoms with Crippen molar-refractivity contribution >= 4 is 34.9 Å². The van der Waals surface area contributed by atoms with Crippen LogP contribution in [0.1, 0.15) is 16.7 Å². The Bertz CT molecular complexity index is 578. The van der Waals surface area contributed by atoms with Crippen LogP contribution in [0.5, 0.6) is 5.75 Å². The van der Waals surface area contributed by atoms with Crippen LogP contribution in [-0.2, 0) is 0 Å². The Hall–Kier alpha value is -1.36. The highest BCUT2D eigenvalue weighted by Gasteiger charge is 2.00. The van der Waals surface area contributed by atoms with Crippen molar-refractivity contribution in [2.75, 3.05) is 0 Å². The third-order valence-electron chi connectivity index (χ3n) is 2.70. The summed E-state index contributed by atoms with van der Waals surface area (Å²) in [7, 11) is 0. The van der Waals surface area contributed by atoms with Crippen LogP contribution in [0.2, 0.25) is 0 Å². The summed E-state index contributed by atoms with van der Waals surface area (Å²) in [5, 5.41) is 0. The van der Waals surface area contributed by atoms with Gasteiger partial charge in [-0.15, -0.1) is 0 Å². The molecule has 0 bridgehead atoms. The highest BCUT2D eigenvalue weighted by atomic mass is 127.